The van der Waals surface area contributed by atoms with Crippen LogP contribution in [0.15, 0.2) is 18.3 Å². The molecule has 1 aliphatic carbocycles. The summed E-state index contributed by atoms with van der Waals surface area (Å²) in [7, 11) is 1.64. The zero-order valence-corrected chi connectivity index (χ0v) is 12.8. The van der Waals surface area contributed by atoms with Crippen molar-refractivity contribution in [1.29, 1.82) is 0 Å². The topological polar surface area (TPSA) is 57.2 Å². The van der Waals surface area contributed by atoms with Gasteiger partial charge in [0.05, 0.1) is 18.8 Å². The molecule has 2 atom stereocenters. The fourth-order valence-corrected chi connectivity index (χ4v) is 2.74. The third-order valence-electron chi connectivity index (χ3n) is 3.19. The Labute approximate surface area is 118 Å². The Morgan fingerprint density at radius 2 is 2.16 bits per heavy atom. The lowest BCUT2D eigenvalue weighted by atomic mass is 10.1. The second-order valence-corrected chi connectivity index (χ2v) is 7.93. The maximum absolute atomic E-state index is 12.3. The molecule has 1 saturated carbocycles. The van der Waals surface area contributed by atoms with E-state index in [-0.39, 0.29) is 10.8 Å². The van der Waals surface area contributed by atoms with Gasteiger partial charge in [0.2, 0.25) is 0 Å². The first-order valence-corrected chi connectivity index (χ1v) is 7.75. The number of hydrogen-bond acceptors (Lipinski definition) is 4. The van der Waals surface area contributed by atoms with Gasteiger partial charge in [-0.3, -0.25) is 4.98 Å². The van der Waals surface area contributed by atoms with E-state index in [9.17, 15) is 4.55 Å². The van der Waals surface area contributed by atoms with Crippen LogP contribution in [0.5, 0.6) is 5.75 Å². The van der Waals surface area contributed by atoms with E-state index in [0.717, 1.165) is 24.3 Å². The van der Waals surface area contributed by atoms with Crippen molar-refractivity contribution in [2.75, 3.05) is 7.11 Å². The second kappa shape index (κ2) is 5.69. The van der Waals surface area contributed by atoms with Crippen molar-refractivity contribution in [1.82, 2.24) is 9.71 Å². The van der Waals surface area contributed by atoms with Crippen LogP contribution in [0.2, 0.25) is 0 Å². The van der Waals surface area contributed by atoms with Crippen LogP contribution in [0, 0.1) is 5.92 Å². The highest BCUT2D eigenvalue weighted by Crippen LogP contribution is 2.41. The molecule has 0 bridgehead atoms. The molecule has 0 aliphatic heterocycles. The van der Waals surface area contributed by atoms with E-state index in [2.05, 4.69) is 9.71 Å². The third-order valence-corrected chi connectivity index (χ3v) is 4.77. The summed E-state index contributed by atoms with van der Waals surface area (Å²) in [6.45, 7) is 5.91. The van der Waals surface area contributed by atoms with Gasteiger partial charge in [-0.1, -0.05) is 0 Å². The minimum absolute atomic E-state index is 0.0511. The summed E-state index contributed by atoms with van der Waals surface area (Å²) in [6.07, 6.45) is 4.07. The molecule has 1 aromatic rings. The van der Waals surface area contributed by atoms with Gasteiger partial charge in [-0.2, -0.15) is 0 Å². The number of rotatable bonds is 5. The molecule has 0 amide bonds. The summed E-state index contributed by atoms with van der Waals surface area (Å²) in [5.74, 6) is 1.32. The van der Waals surface area contributed by atoms with Crippen molar-refractivity contribution in [3.05, 3.63) is 24.0 Å². The predicted molar refractivity (Wildman–Crippen MR) is 77.3 cm³/mol. The zero-order valence-electron chi connectivity index (χ0n) is 12.0. The highest BCUT2D eigenvalue weighted by Gasteiger charge is 2.39. The summed E-state index contributed by atoms with van der Waals surface area (Å²) in [5.41, 5.74) is 0.916. The van der Waals surface area contributed by atoms with Crippen molar-refractivity contribution in [2.45, 2.75) is 44.4 Å². The molecule has 1 N–H and O–H groups in total. The molecular formula is C14H22N2O2S. The summed E-state index contributed by atoms with van der Waals surface area (Å²) >= 11 is -1.09. The molecule has 4 nitrogen and oxygen atoms in total. The monoisotopic (exact) mass is 282 g/mol. The van der Waals surface area contributed by atoms with E-state index in [1.54, 1.807) is 13.3 Å². The lowest BCUT2D eigenvalue weighted by molar-refractivity contribution is 0.411. The van der Waals surface area contributed by atoms with Gasteiger partial charge in [-0.05, 0) is 45.6 Å². The Balaban J connectivity index is 2.15. The van der Waals surface area contributed by atoms with E-state index in [0.29, 0.717) is 5.92 Å². The molecular weight excluding hydrogens is 260 g/mol. The minimum atomic E-state index is -1.09. The number of ether oxygens (including phenoxy) is 1. The average molecular weight is 282 g/mol. The molecule has 0 spiro atoms. The molecule has 0 unspecified atom stereocenters. The van der Waals surface area contributed by atoms with Gasteiger partial charge in [0, 0.05) is 23.6 Å². The first-order valence-electron chi connectivity index (χ1n) is 6.60. The number of methoxy groups -OCH3 is 1. The molecule has 1 aliphatic rings. The first kappa shape index (κ1) is 14.6. The number of nitrogens with zero attached hydrogens (tertiary/aromatic N) is 1. The number of pyridine rings is 1. The quantitative estimate of drug-likeness (QED) is 0.843. The van der Waals surface area contributed by atoms with Gasteiger partial charge in [0.1, 0.15) is 10.5 Å². The number of hydrogen-bond donors (Lipinski definition) is 1. The van der Waals surface area contributed by atoms with Crippen LogP contribution >= 0.6 is 0 Å². The lowest BCUT2D eigenvalue weighted by Crippen LogP contribution is -2.42. The van der Waals surface area contributed by atoms with E-state index >= 15 is 0 Å². The Bertz CT molecular complexity index is 430. The van der Waals surface area contributed by atoms with E-state index in [1.807, 2.05) is 32.9 Å². The summed E-state index contributed by atoms with van der Waals surface area (Å²) < 4.78 is 20.5. The van der Waals surface area contributed by atoms with Crippen LogP contribution < -0.4 is 9.46 Å². The Kier molecular flexibility index (Phi) is 4.38. The smallest absolute Gasteiger partial charge is 0.136 e. The van der Waals surface area contributed by atoms with Gasteiger partial charge >= 0.3 is 0 Å². The standard InChI is InChI=1S/C14H22N2O2S/c1-14(2,3)19(17)16-13(10-5-6-10)12-9-11(18-4)7-8-15-12/h7-10,13,16H,5-6H2,1-4H3/t13-,19+/m0/s1. The molecule has 0 saturated heterocycles. The molecule has 19 heavy (non-hydrogen) atoms. The normalized spacial score (nSPS) is 19.0. The van der Waals surface area contributed by atoms with Gasteiger partial charge in [0.25, 0.3) is 0 Å². The molecule has 1 fully saturated rings. The Hall–Kier alpha value is -0.780. The molecule has 0 aromatic carbocycles. The van der Waals surface area contributed by atoms with Crippen molar-refractivity contribution in [3.8, 4) is 5.75 Å². The fourth-order valence-electron chi connectivity index (χ4n) is 1.84. The van der Waals surface area contributed by atoms with Crippen LogP contribution in [-0.4, -0.2) is 21.4 Å². The molecule has 2 rings (SSSR count). The van der Waals surface area contributed by atoms with Crippen molar-refractivity contribution in [2.24, 2.45) is 5.92 Å². The summed E-state index contributed by atoms with van der Waals surface area (Å²) in [4.78, 5) is 4.41. The first-order chi connectivity index (χ1) is 8.91. The second-order valence-electron chi connectivity index (χ2n) is 5.93. The fraction of sp³-hybridized carbons (Fsp3) is 0.643. The van der Waals surface area contributed by atoms with Crippen LogP contribution in [0.1, 0.15) is 45.3 Å². The lowest BCUT2D eigenvalue weighted by Gasteiger charge is -2.27. The van der Waals surface area contributed by atoms with Crippen molar-refractivity contribution >= 4 is 11.4 Å². The number of nitrogens with one attached hydrogen (secondary N) is 1. The Morgan fingerprint density at radius 3 is 2.68 bits per heavy atom. The zero-order chi connectivity index (χ0) is 14.0. The third kappa shape index (κ3) is 3.84. The number of aromatic nitrogens is 1. The van der Waals surface area contributed by atoms with E-state index < -0.39 is 11.4 Å². The van der Waals surface area contributed by atoms with Crippen LogP contribution in [0.4, 0.5) is 0 Å². The largest absolute Gasteiger partial charge is 0.598 e. The minimum Gasteiger partial charge on any atom is -0.598 e. The average Bonchev–Trinajstić information content (AvgIpc) is 3.18. The SMILES string of the molecule is COc1ccnc([C@@H](N[S@+]([O-])C(C)(C)C)C2CC2)c1. The highest BCUT2D eigenvalue weighted by atomic mass is 32.2. The summed E-state index contributed by atoms with van der Waals surface area (Å²) in [6, 6.07) is 3.81. The maximum Gasteiger partial charge on any atom is 0.136 e. The predicted octanol–water partition coefficient (Wildman–Crippen LogP) is 2.59. The molecule has 1 heterocycles. The van der Waals surface area contributed by atoms with Crippen LogP contribution in [-0.2, 0) is 11.4 Å². The highest BCUT2D eigenvalue weighted by molar-refractivity contribution is 7.90. The van der Waals surface area contributed by atoms with Crippen molar-refractivity contribution < 1.29 is 9.29 Å². The summed E-state index contributed by atoms with van der Waals surface area (Å²) in [5, 5.41) is 0. The van der Waals surface area contributed by atoms with Gasteiger partial charge < -0.3 is 9.29 Å². The van der Waals surface area contributed by atoms with Crippen molar-refractivity contribution in [3.63, 3.8) is 0 Å². The molecule has 0 radical (unpaired) electrons. The molecule has 5 heteroatoms. The molecule has 106 valence electrons. The van der Waals surface area contributed by atoms with E-state index in [4.69, 9.17) is 4.74 Å². The van der Waals surface area contributed by atoms with Crippen LogP contribution in [0.3, 0.4) is 0 Å². The Morgan fingerprint density at radius 1 is 1.47 bits per heavy atom. The van der Waals surface area contributed by atoms with Crippen LogP contribution in [0.25, 0.3) is 0 Å². The maximum atomic E-state index is 12.3. The molecule has 1 aromatic heterocycles. The van der Waals surface area contributed by atoms with Gasteiger partial charge in [-0.25, -0.2) is 0 Å². The van der Waals surface area contributed by atoms with Gasteiger partial charge in [0.15, 0.2) is 0 Å². The van der Waals surface area contributed by atoms with E-state index in [1.165, 1.54) is 0 Å². The van der Waals surface area contributed by atoms with Gasteiger partial charge in [-0.15, -0.1) is 4.72 Å².